The lowest BCUT2D eigenvalue weighted by molar-refractivity contribution is -0.189. The Kier molecular flexibility index (Phi) is 4.26. The first-order chi connectivity index (χ1) is 13.7. The van der Waals surface area contributed by atoms with Gasteiger partial charge in [0.25, 0.3) is 0 Å². The van der Waals surface area contributed by atoms with Gasteiger partial charge in [0.05, 0.1) is 25.1 Å². The van der Waals surface area contributed by atoms with Crippen LogP contribution in [0.2, 0.25) is 0 Å². The normalized spacial score (nSPS) is 17.9. The van der Waals surface area contributed by atoms with Gasteiger partial charge in [0, 0.05) is 42.5 Å². The third kappa shape index (κ3) is 3.23. The SMILES string of the molecule is O=CNc1ccc(-c2cn3cc(OCCN4CC5(COC5)C4)ccc3n2)cc1. The quantitative estimate of drug-likeness (QED) is 0.639. The number of anilines is 1. The highest BCUT2D eigenvalue weighted by Crippen LogP contribution is 2.37. The van der Waals surface area contributed by atoms with E-state index in [0.29, 0.717) is 18.4 Å². The summed E-state index contributed by atoms with van der Waals surface area (Å²) >= 11 is 0. The maximum atomic E-state index is 10.5. The van der Waals surface area contributed by atoms with E-state index in [1.165, 1.54) is 0 Å². The van der Waals surface area contributed by atoms with Crippen LogP contribution in [0.4, 0.5) is 5.69 Å². The summed E-state index contributed by atoms with van der Waals surface area (Å²) in [5.41, 5.74) is 3.95. The number of aromatic nitrogens is 2. The fourth-order valence-electron chi connectivity index (χ4n) is 3.93. The fraction of sp³-hybridized carbons (Fsp3) is 0.333. The molecule has 5 rings (SSSR count). The molecule has 0 unspecified atom stereocenters. The van der Waals surface area contributed by atoms with Gasteiger partial charge in [-0.05, 0) is 24.3 Å². The highest BCUT2D eigenvalue weighted by atomic mass is 16.5. The van der Waals surface area contributed by atoms with Gasteiger partial charge in [0.1, 0.15) is 18.0 Å². The predicted octanol–water partition coefficient (Wildman–Crippen LogP) is 2.28. The molecule has 7 nitrogen and oxygen atoms in total. The minimum Gasteiger partial charge on any atom is -0.491 e. The topological polar surface area (TPSA) is 68.1 Å². The Balaban J connectivity index is 1.21. The number of ether oxygens (including phenoxy) is 2. The van der Waals surface area contributed by atoms with Gasteiger partial charge in [-0.3, -0.25) is 9.69 Å². The molecular formula is C21H22N4O3. The molecule has 4 heterocycles. The van der Waals surface area contributed by atoms with Crippen LogP contribution in [0.5, 0.6) is 5.75 Å². The van der Waals surface area contributed by atoms with Crippen LogP contribution in [-0.4, -0.2) is 60.1 Å². The summed E-state index contributed by atoms with van der Waals surface area (Å²) in [4.78, 5) is 17.6. The first kappa shape index (κ1) is 17.2. The molecule has 0 bridgehead atoms. The van der Waals surface area contributed by atoms with Crippen LogP contribution in [-0.2, 0) is 9.53 Å². The Morgan fingerprint density at radius 1 is 1.14 bits per heavy atom. The summed E-state index contributed by atoms with van der Waals surface area (Å²) in [6.45, 7) is 5.70. The number of fused-ring (bicyclic) bond motifs is 1. The van der Waals surface area contributed by atoms with E-state index in [1.807, 2.05) is 53.2 Å². The molecule has 2 fully saturated rings. The average molecular weight is 378 g/mol. The van der Waals surface area contributed by atoms with Gasteiger partial charge in [-0.25, -0.2) is 4.98 Å². The van der Waals surface area contributed by atoms with Crippen LogP contribution in [0, 0.1) is 5.41 Å². The van der Waals surface area contributed by atoms with Crippen molar-refractivity contribution >= 4 is 17.7 Å². The molecule has 1 aromatic carbocycles. The molecule has 0 atom stereocenters. The molecule has 2 aliphatic heterocycles. The summed E-state index contributed by atoms with van der Waals surface area (Å²) < 4.78 is 13.2. The van der Waals surface area contributed by atoms with E-state index in [-0.39, 0.29) is 0 Å². The second-order valence-electron chi connectivity index (χ2n) is 7.65. The molecule has 0 aliphatic carbocycles. The van der Waals surface area contributed by atoms with Crippen LogP contribution >= 0.6 is 0 Å². The number of rotatable bonds is 7. The summed E-state index contributed by atoms with van der Waals surface area (Å²) in [6, 6.07) is 11.5. The number of likely N-dealkylation sites (tertiary alicyclic amines) is 1. The molecule has 28 heavy (non-hydrogen) atoms. The van der Waals surface area contributed by atoms with Crippen LogP contribution in [0.1, 0.15) is 0 Å². The Morgan fingerprint density at radius 3 is 2.68 bits per heavy atom. The Bertz CT molecular complexity index is 987. The maximum absolute atomic E-state index is 10.5. The van der Waals surface area contributed by atoms with Gasteiger partial charge < -0.3 is 19.2 Å². The number of carbonyl (C=O) groups is 1. The smallest absolute Gasteiger partial charge is 0.211 e. The van der Waals surface area contributed by atoms with Gasteiger partial charge in [0.15, 0.2) is 0 Å². The second-order valence-corrected chi connectivity index (χ2v) is 7.65. The van der Waals surface area contributed by atoms with Gasteiger partial charge in [-0.2, -0.15) is 0 Å². The van der Waals surface area contributed by atoms with Crippen molar-refractivity contribution < 1.29 is 14.3 Å². The minimum absolute atomic E-state index is 0.452. The lowest BCUT2D eigenvalue weighted by Gasteiger charge is -2.55. The lowest BCUT2D eigenvalue weighted by Crippen LogP contribution is -2.66. The van der Waals surface area contributed by atoms with Crippen molar-refractivity contribution in [3.05, 3.63) is 48.8 Å². The molecule has 2 aromatic heterocycles. The number of imidazole rings is 1. The van der Waals surface area contributed by atoms with Crippen molar-refractivity contribution in [2.75, 3.05) is 44.8 Å². The number of carbonyl (C=O) groups excluding carboxylic acids is 1. The van der Waals surface area contributed by atoms with Crippen molar-refractivity contribution in [3.63, 3.8) is 0 Å². The lowest BCUT2D eigenvalue weighted by atomic mass is 9.78. The fourth-order valence-corrected chi connectivity index (χ4v) is 3.93. The van der Waals surface area contributed by atoms with E-state index in [1.54, 1.807) is 0 Å². The first-order valence-corrected chi connectivity index (χ1v) is 9.45. The standard InChI is InChI=1S/C21H22N4O3/c26-15-22-17-3-1-16(2-4-17)19-10-25-9-18(5-6-20(25)23-19)28-8-7-24-11-21(12-24)13-27-14-21/h1-6,9-10,15H,7-8,11-14H2,(H,22,26). The summed E-state index contributed by atoms with van der Waals surface area (Å²) in [5.74, 6) is 0.837. The van der Waals surface area contributed by atoms with E-state index < -0.39 is 0 Å². The molecular weight excluding hydrogens is 356 g/mol. The molecule has 2 aliphatic rings. The van der Waals surface area contributed by atoms with Gasteiger partial charge >= 0.3 is 0 Å². The van der Waals surface area contributed by atoms with E-state index in [0.717, 1.165) is 61.2 Å². The third-order valence-electron chi connectivity index (χ3n) is 5.44. The van der Waals surface area contributed by atoms with E-state index in [2.05, 4.69) is 15.2 Å². The molecule has 0 saturated carbocycles. The summed E-state index contributed by atoms with van der Waals surface area (Å²) in [7, 11) is 0. The molecule has 1 amide bonds. The first-order valence-electron chi connectivity index (χ1n) is 9.45. The molecule has 1 spiro atoms. The summed E-state index contributed by atoms with van der Waals surface area (Å²) in [5, 5.41) is 2.63. The Morgan fingerprint density at radius 2 is 1.96 bits per heavy atom. The van der Waals surface area contributed by atoms with E-state index >= 15 is 0 Å². The number of hydrogen-bond acceptors (Lipinski definition) is 5. The second kappa shape index (κ2) is 6.92. The number of nitrogens with one attached hydrogen (secondary N) is 1. The molecule has 3 aromatic rings. The summed E-state index contributed by atoms with van der Waals surface area (Å²) in [6.07, 6.45) is 4.62. The number of nitrogens with zero attached hydrogens (tertiary/aromatic N) is 3. The molecule has 7 heteroatoms. The highest BCUT2D eigenvalue weighted by molar-refractivity contribution is 5.73. The van der Waals surface area contributed by atoms with E-state index in [9.17, 15) is 4.79 Å². The van der Waals surface area contributed by atoms with Crippen LogP contribution in [0.15, 0.2) is 48.8 Å². The number of pyridine rings is 1. The van der Waals surface area contributed by atoms with Crippen LogP contribution in [0.3, 0.4) is 0 Å². The van der Waals surface area contributed by atoms with E-state index in [4.69, 9.17) is 9.47 Å². The third-order valence-corrected chi connectivity index (χ3v) is 5.44. The van der Waals surface area contributed by atoms with Crippen molar-refractivity contribution in [1.82, 2.24) is 14.3 Å². The Labute approximate surface area is 162 Å². The zero-order valence-electron chi connectivity index (χ0n) is 15.5. The maximum Gasteiger partial charge on any atom is 0.211 e. The Hall–Kier alpha value is -2.90. The van der Waals surface area contributed by atoms with Crippen molar-refractivity contribution in [1.29, 1.82) is 0 Å². The van der Waals surface area contributed by atoms with Crippen molar-refractivity contribution in [3.8, 4) is 17.0 Å². The van der Waals surface area contributed by atoms with Gasteiger partial charge in [-0.1, -0.05) is 12.1 Å². The molecule has 2 saturated heterocycles. The van der Waals surface area contributed by atoms with Crippen molar-refractivity contribution in [2.45, 2.75) is 0 Å². The van der Waals surface area contributed by atoms with Crippen LogP contribution < -0.4 is 10.1 Å². The number of amides is 1. The largest absolute Gasteiger partial charge is 0.491 e. The minimum atomic E-state index is 0.452. The monoisotopic (exact) mass is 378 g/mol. The van der Waals surface area contributed by atoms with Gasteiger partial charge in [-0.15, -0.1) is 0 Å². The highest BCUT2D eigenvalue weighted by Gasteiger charge is 2.48. The zero-order chi connectivity index (χ0) is 19.0. The van der Waals surface area contributed by atoms with Gasteiger partial charge in [0.2, 0.25) is 6.41 Å². The average Bonchev–Trinajstić information content (AvgIpc) is 3.06. The van der Waals surface area contributed by atoms with Crippen LogP contribution in [0.25, 0.3) is 16.9 Å². The number of hydrogen-bond donors (Lipinski definition) is 1. The molecule has 144 valence electrons. The molecule has 0 radical (unpaired) electrons. The number of benzene rings is 1. The molecule has 1 N–H and O–H groups in total. The predicted molar refractivity (Wildman–Crippen MR) is 106 cm³/mol. The van der Waals surface area contributed by atoms with Crippen molar-refractivity contribution in [2.24, 2.45) is 5.41 Å². The zero-order valence-corrected chi connectivity index (χ0v) is 15.5.